The van der Waals surface area contributed by atoms with E-state index in [4.69, 9.17) is 4.74 Å². The molecule has 2 nitrogen and oxygen atoms in total. The summed E-state index contributed by atoms with van der Waals surface area (Å²) in [6.07, 6.45) is 0.210. The van der Waals surface area contributed by atoms with E-state index < -0.39 is 0 Å². The van der Waals surface area contributed by atoms with Gasteiger partial charge < -0.3 is 10.1 Å². The van der Waals surface area contributed by atoms with Crippen molar-refractivity contribution in [2.24, 2.45) is 5.92 Å². The first kappa shape index (κ1) is 13.0. The molecule has 0 fully saturated rings. The van der Waals surface area contributed by atoms with E-state index >= 15 is 0 Å². The normalized spacial score (nSPS) is 12.8. The van der Waals surface area contributed by atoms with E-state index in [2.05, 4.69) is 45.1 Å². The molecule has 1 atom stereocenters. The van der Waals surface area contributed by atoms with E-state index in [1.165, 1.54) is 5.56 Å². The van der Waals surface area contributed by atoms with Gasteiger partial charge in [0.15, 0.2) is 0 Å². The summed E-state index contributed by atoms with van der Waals surface area (Å²) in [7, 11) is 0. The molecule has 0 saturated carbocycles. The van der Waals surface area contributed by atoms with Crippen LogP contribution in [0, 0.1) is 12.8 Å². The zero-order valence-corrected chi connectivity index (χ0v) is 10.8. The third-order valence-electron chi connectivity index (χ3n) is 2.34. The lowest BCUT2D eigenvalue weighted by Gasteiger charge is -2.16. The number of hydrogen-bond acceptors (Lipinski definition) is 2. The molecule has 0 aliphatic rings. The topological polar surface area (TPSA) is 21.3 Å². The minimum absolute atomic E-state index is 0.210. The molecule has 0 saturated heterocycles. The van der Waals surface area contributed by atoms with Crippen LogP contribution in [0.15, 0.2) is 24.3 Å². The van der Waals surface area contributed by atoms with Gasteiger partial charge in [0.05, 0.1) is 0 Å². The van der Waals surface area contributed by atoms with Crippen molar-refractivity contribution >= 4 is 0 Å². The fourth-order valence-electron chi connectivity index (χ4n) is 1.47. The molecule has 1 aromatic rings. The Morgan fingerprint density at radius 3 is 2.25 bits per heavy atom. The van der Waals surface area contributed by atoms with Crippen molar-refractivity contribution in [2.45, 2.75) is 33.8 Å². The van der Waals surface area contributed by atoms with Crippen LogP contribution in [-0.2, 0) is 0 Å². The second kappa shape index (κ2) is 6.54. The smallest absolute Gasteiger partial charge is 0.119 e. The first-order valence-electron chi connectivity index (χ1n) is 6.02. The molecule has 0 heterocycles. The van der Waals surface area contributed by atoms with Gasteiger partial charge >= 0.3 is 0 Å². The van der Waals surface area contributed by atoms with Crippen molar-refractivity contribution < 1.29 is 4.74 Å². The van der Waals surface area contributed by atoms with E-state index in [0.717, 1.165) is 18.8 Å². The summed E-state index contributed by atoms with van der Waals surface area (Å²) >= 11 is 0. The molecule has 1 aromatic carbocycles. The van der Waals surface area contributed by atoms with E-state index in [9.17, 15) is 0 Å². The molecule has 90 valence electrons. The van der Waals surface area contributed by atoms with Crippen LogP contribution in [0.4, 0.5) is 0 Å². The van der Waals surface area contributed by atoms with Crippen molar-refractivity contribution in [3.05, 3.63) is 29.8 Å². The molecule has 16 heavy (non-hydrogen) atoms. The number of benzene rings is 1. The van der Waals surface area contributed by atoms with Crippen molar-refractivity contribution in [2.75, 3.05) is 13.1 Å². The maximum Gasteiger partial charge on any atom is 0.119 e. The molecule has 0 radical (unpaired) electrons. The summed E-state index contributed by atoms with van der Waals surface area (Å²) in [4.78, 5) is 0. The summed E-state index contributed by atoms with van der Waals surface area (Å²) in [5.74, 6) is 1.64. The van der Waals surface area contributed by atoms with Gasteiger partial charge in [0, 0.05) is 6.54 Å². The highest BCUT2D eigenvalue weighted by atomic mass is 16.5. The van der Waals surface area contributed by atoms with Gasteiger partial charge in [-0.25, -0.2) is 0 Å². The molecule has 2 heteroatoms. The van der Waals surface area contributed by atoms with E-state index in [1.54, 1.807) is 0 Å². The number of ether oxygens (including phenoxy) is 1. The Balaban J connectivity index is 2.28. The molecule has 0 aromatic heterocycles. The SMILES string of the molecule is Cc1ccc(OC(C)CNCC(C)C)cc1. The van der Waals surface area contributed by atoms with Gasteiger partial charge in [-0.1, -0.05) is 31.5 Å². The summed E-state index contributed by atoms with van der Waals surface area (Å²) in [6, 6.07) is 8.19. The average Bonchev–Trinajstić information content (AvgIpc) is 2.21. The lowest BCUT2D eigenvalue weighted by Crippen LogP contribution is -2.31. The maximum absolute atomic E-state index is 5.79. The molecule has 1 unspecified atom stereocenters. The van der Waals surface area contributed by atoms with Crippen LogP contribution in [0.3, 0.4) is 0 Å². The van der Waals surface area contributed by atoms with Gasteiger partial charge in [0.1, 0.15) is 11.9 Å². The number of nitrogens with one attached hydrogen (secondary N) is 1. The van der Waals surface area contributed by atoms with Gasteiger partial charge in [-0.3, -0.25) is 0 Å². The molecule has 0 amide bonds. The quantitative estimate of drug-likeness (QED) is 0.797. The van der Waals surface area contributed by atoms with Crippen LogP contribution in [0.1, 0.15) is 26.3 Å². The van der Waals surface area contributed by atoms with Crippen LogP contribution in [0.25, 0.3) is 0 Å². The Bertz CT molecular complexity index is 292. The second-order valence-corrected chi connectivity index (χ2v) is 4.79. The third-order valence-corrected chi connectivity index (χ3v) is 2.34. The van der Waals surface area contributed by atoms with Crippen molar-refractivity contribution in [1.29, 1.82) is 0 Å². The van der Waals surface area contributed by atoms with E-state index in [0.29, 0.717) is 5.92 Å². The molecule has 0 spiro atoms. The molecular formula is C14H23NO. The highest BCUT2D eigenvalue weighted by molar-refractivity contribution is 5.26. The highest BCUT2D eigenvalue weighted by Gasteiger charge is 2.03. The van der Waals surface area contributed by atoms with Gasteiger partial charge in [0.25, 0.3) is 0 Å². The molecule has 0 bridgehead atoms. The first-order chi connectivity index (χ1) is 7.58. The number of rotatable bonds is 6. The molecule has 0 aliphatic heterocycles. The van der Waals surface area contributed by atoms with Crippen LogP contribution in [0.2, 0.25) is 0 Å². The minimum atomic E-state index is 0.210. The van der Waals surface area contributed by atoms with Gasteiger partial charge in [-0.15, -0.1) is 0 Å². The lowest BCUT2D eigenvalue weighted by molar-refractivity contribution is 0.215. The Kier molecular flexibility index (Phi) is 5.33. The van der Waals surface area contributed by atoms with Gasteiger partial charge in [0.2, 0.25) is 0 Å². The highest BCUT2D eigenvalue weighted by Crippen LogP contribution is 2.12. The third kappa shape index (κ3) is 5.17. The molecule has 1 N–H and O–H groups in total. The van der Waals surface area contributed by atoms with Gasteiger partial charge in [-0.05, 0) is 38.4 Å². The predicted molar refractivity (Wildman–Crippen MR) is 69.0 cm³/mol. The molecule has 1 rings (SSSR count). The van der Waals surface area contributed by atoms with E-state index in [1.807, 2.05) is 12.1 Å². The van der Waals surface area contributed by atoms with Gasteiger partial charge in [-0.2, -0.15) is 0 Å². The van der Waals surface area contributed by atoms with Crippen molar-refractivity contribution in [3.8, 4) is 5.75 Å². The Labute approximate surface area is 99.0 Å². The van der Waals surface area contributed by atoms with Crippen LogP contribution in [0.5, 0.6) is 5.75 Å². The standard InChI is InChI=1S/C14H23NO/c1-11(2)9-15-10-13(4)16-14-7-5-12(3)6-8-14/h5-8,11,13,15H,9-10H2,1-4H3. The summed E-state index contributed by atoms with van der Waals surface area (Å²) in [6.45, 7) is 10.5. The Morgan fingerprint density at radius 2 is 1.69 bits per heavy atom. The fourth-order valence-corrected chi connectivity index (χ4v) is 1.47. The second-order valence-electron chi connectivity index (χ2n) is 4.79. The predicted octanol–water partition coefficient (Wildman–Crippen LogP) is 3.01. The first-order valence-corrected chi connectivity index (χ1v) is 6.02. The van der Waals surface area contributed by atoms with Crippen LogP contribution >= 0.6 is 0 Å². The van der Waals surface area contributed by atoms with Crippen LogP contribution < -0.4 is 10.1 Å². The van der Waals surface area contributed by atoms with Crippen LogP contribution in [-0.4, -0.2) is 19.2 Å². The largest absolute Gasteiger partial charge is 0.489 e. The number of aryl methyl sites for hydroxylation is 1. The summed E-state index contributed by atoms with van der Waals surface area (Å²) in [5, 5.41) is 3.39. The van der Waals surface area contributed by atoms with E-state index in [-0.39, 0.29) is 6.10 Å². The maximum atomic E-state index is 5.79. The fraction of sp³-hybridized carbons (Fsp3) is 0.571. The zero-order chi connectivity index (χ0) is 12.0. The number of hydrogen-bond donors (Lipinski definition) is 1. The molecule has 0 aliphatic carbocycles. The Morgan fingerprint density at radius 1 is 1.06 bits per heavy atom. The van der Waals surface area contributed by atoms with Crippen molar-refractivity contribution in [3.63, 3.8) is 0 Å². The zero-order valence-electron chi connectivity index (χ0n) is 10.8. The lowest BCUT2D eigenvalue weighted by atomic mass is 10.2. The minimum Gasteiger partial charge on any atom is -0.489 e. The monoisotopic (exact) mass is 221 g/mol. The molecular weight excluding hydrogens is 198 g/mol. The summed E-state index contributed by atoms with van der Waals surface area (Å²) in [5.41, 5.74) is 1.26. The summed E-state index contributed by atoms with van der Waals surface area (Å²) < 4.78 is 5.79. The van der Waals surface area contributed by atoms with Crippen molar-refractivity contribution in [1.82, 2.24) is 5.32 Å². The Hall–Kier alpha value is -1.02. The average molecular weight is 221 g/mol.